The summed E-state index contributed by atoms with van der Waals surface area (Å²) in [4.78, 5) is 26.2. The number of carbonyl (C=O) groups is 2. The molecule has 1 fully saturated rings. The number of piperidine rings is 1. The van der Waals surface area contributed by atoms with Crippen LogP contribution in [0.3, 0.4) is 0 Å². The standard InChI is InChI=1S/C17H23BrN2O2/c1-12(2)10-16(21)20-8-6-15(7-9-20)19-17(22)13-4-3-5-14(18)11-13/h3-5,11-12,15H,6-10H2,1-2H3,(H,19,22). The summed E-state index contributed by atoms with van der Waals surface area (Å²) < 4.78 is 0.897. The number of carbonyl (C=O) groups excluding carboxylic acids is 2. The van der Waals surface area contributed by atoms with Gasteiger partial charge in [-0.1, -0.05) is 35.8 Å². The minimum absolute atomic E-state index is 0.0479. The van der Waals surface area contributed by atoms with Gasteiger partial charge in [0.15, 0.2) is 0 Å². The van der Waals surface area contributed by atoms with Crippen molar-refractivity contribution in [3.05, 3.63) is 34.3 Å². The van der Waals surface area contributed by atoms with Crippen molar-refractivity contribution in [3.63, 3.8) is 0 Å². The third-order valence-electron chi connectivity index (χ3n) is 3.85. The van der Waals surface area contributed by atoms with Crippen LogP contribution >= 0.6 is 15.9 Å². The molecule has 1 aliphatic heterocycles. The zero-order chi connectivity index (χ0) is 16.1. The summed E-state index contributed by atoms with van der Waals surface area (Å²) in [5.74, 6) is 0.571. The third kappa shape index (κ3) is 4.83. The Morgan fingerprint density at radius 2 is 2.00 bits per heavy atom. The first-order chi connectivity index (χ1) is 10.5. The number of likely N-dealkylation sites (tertiary alicyclic amines) is 1. The maximum Gasteiger partial charge on any atom is 0.251 e. The second-order valence-corrected chi connectivity index (χ2v) is 7.15. The molecule has 0 bridgehead atoms. The van der Waals surface area contributed by atoms with Crippen LogP contribution in [0, 0.1) is 5.92 Å². The van der Waals surface area contributed by atoms with E-state index in [0.717, 1.165) is 30.4 Å². The molecule has 0 spiro atoms. The van der Waals surface area contributed by atoms with Gasteiger partial charge in [-0.3, -0.25) is 9.59 Å². The Kier molecular flexibility index (Phi) is 6.00. The topological polar surface area (TPSA) is 49.4 Å². The van der Waals surface area contributed by atoms with E-state index in [9.17, 15) is 9.59 Å². The van der Waals surface area contributed by atoms with Crippen molar-refractivity contribution in [2.45, 2.75) is 39.2 Å². The molecule has 120 valence electrons. The third-order valence-corrected chi connectivity index (χ3v) is 4.35. The maximum absolute atomic E-state index is 12.2. The van der Waals surface area contributed by atoms with Crippen LogP contribution in [0.2, 0.25) is 0 Å². The molecule has 1 saturated heterocycles. The van der Waals surface area contributed by atoms with Crippen LogP contribution in [0.15, 0.2) is 28.7 Å². The first-order valence-electron chi connectivity index (χ1n) is 7.80. The second-order valence-electron chi connectivity index (χ2n) is 6.24. The van der Waals surface area contributed by atoms with Crippen LogP contribution in [0.5, 0.6) is 0 Å². The van der Waals surface area contributed by atoms with Gasteiger partial charge < -0.3 is 10.2 Å². The first kappa shape index (κ1) is 17.0. The molecular formula is C17H23BrN2O2. The normalized spacial score (nSPS) is 15.9. The van der Waals surface area contributed by atoms with Gasteiger partial charge in [-0.15, -0.1) is 0 Å². The van der Waals surface area contributed by atoms with Crippen molar-refractivity contribution in [1.29, 1.82) is 0 Å². The summed E-state index contributed by atoms with van der Waals surface area (Å²) in [6.07, 6.45) is 2.25. The summed E-state index contributed by atoms with van der Waals surface area (Å²) in [7, 11) is 0. The Balaban J connectivity index is 1.82. The highest BCUT2D eigenvalue weighted by atomic mass is 79.9. The molecule has 1 aromatic rings. The Hall–Kier alpha value is -1.36. The number of rotatable bonds is 4. The van der Waals surface area contributed by atoms with Crippen molar-refractivity contribution in [2.75, 3.05) is 13.1 Å². The molecule has 1 heterocycles. The summed E-state index contributed by atoms with van der Waals surface area (Å²) in [5.41, 5.74) is 0.660. The van der Waals surface area contributed by atoms with Crippen molar-refractivity contribution in [1.82, 2.24) is 10.2 Å². The molecule has 22 heavy (non-hydrogen) atoms. The molecule has 0 unspecified atom stereocenters. The summed E-state index contributed by atoms with van der Waals surface area (Å²) in [6.45, 7) is 5.58. The molecule has 0 atom stereocenters. The van der Waals surface area contributed by atoms with Gasteiger partial charge in [0.1, 0.15) is 0 Å². The number of hydrogen-bond donors (Lipinski definition) is 1. The number of nitrogens with one attached hydrogen (secondary N) is 1. The van der Waals surface area contributed by atoms with Crippen molar-refractivity contribution in [3.8, 4) is 0 Å². The van der Waals surface area contributed by atoms with Crippen LogP contribution in [-0.4, -0.2) is 35.8 Å². The van der Waals surface area contributed by atoms with Gasteiger partial charge in [-0.25, -0.2) is 0 Å². The Bertz CT molecular complexity index is 537. The van der Waals surface area contributed by atoms with E-state index >= 15 is 0 Å². The lowest BCUT2D eigenvalue weighted by Gasteiger charge is -2.32. The summed E-state index contributed by atoms with van der Waals surface area (Å²) in [5, 5.41) is 3.06. The highest BCUT2D eigenvalue weighted by molar-refractivity contribution is 9.10. The molecule has 1 aromatic carbocycles. The second kappa shape index (κ2) is 7.77. The maximum atomic E-state index is 12.2. The van der Waals surface area contributed by atoms with E-state index in [1.165, 1.54) is 0 Å². The van der Waals surface area contributed by atoms with E-state index in [1.54, 1.807) is 6.07 Å². The fourth-order valence-electron chi connectivity index (χ4n) is 2.65. The zero-order valence-electron chi connectivity index (χ0n) is 13.1. The quantitative estimate of drug-likeness (QED) is 0.889. The summed E-state index contributed by atoms with van der Waals surface area (Å²) >= 11 is 3.37. The number of halogens is 1. The minimum atomic E-state index is -0.0479. The lowest BCUT2D eigenvalue weighted by atomic mass is 10.0. The Morgan fingerprint density at radius 3 is 2.59 bits per heavy atom. The number of nitrogens with zero attached hydrogens (tertiary/aromatic N) is 1. The largest absolute Gasteiger partial charge is 0.349 e. The van der Waals surface area contributed by atoms with E-state index in [0.29, 0.717) is 17.9 Å². The van der Waals surface area contributed by atoms with Gasteiger partial charge in [0.05, 0.1) is 0 Å². The fraction of sp³-hybridized carbons (Fsp3) is 0.529. The van der Waals surface area contributed by atoms with Gasteiger partial charge in [-0.2, -0.15) is 0 Å². The van der Waals surface area contributed by atoms with Gasteiger partial charge in [0.2, 0.25) is 5.91 Å². The molecule has 2 rings (SSSR count). The molecule has 0 saturated carbocycles. The molecule has 1 aliphatic rings. The molecule has 0 aliphatic carbocycles. The SMILES string of the molecule is CC(C)CC(=O)N1CCC(NC(=O)c2cccc(Br)c2)CC1. The van der Waals surface area contributed by atoms with E-state index in [2.05, 4.69) is 35.1 Å². The van der Waals surface area contributed by atoms with Crippen LogP contribution in [0.25, 0.3) is 0 Å². The fourth-order valence-corrected chi connectivity index (χ4v) is 3.05. The number of hydrogen-bond acceptors (Lipinski definition) is 2. The molecular weight excluding hydrogens is 344 g/mol. The van der Waals surface area contributed by atoms with Gasteiger partial charge in [0, 0.05) is 35.6 Å². The summed E-state index contributed by atoms with van der Waals surface area (Å²) in [6, 6.07) is 7.52. The monoisotopic (exact) mass is 366 g/mol. The van der Waals surface area contributed by atoms with Crippen LogP contribution in [0.1, 0.15) is 43.5 Å². The molecule has 0 aromatic heterocycles. The Labute approximate surface area is 140 Å². The van der Waals surface area contributed by atoms with Gasteiger partial charge >= 0.3 is 0 Å². The number of benzene rings is 1. The average Bonchev–Trinajstić information content (AvgIpc) is 2.47. The molecule has 2 amide bonds. The zero-order valence-corrected chi connectivity index (χ0v) is 14.7. The van der Waals surface area contributed by atoms with Crippen LogP contribution < -0.4 is 5.32 Å². The van der Waals surface area contributed by atoms with E-state index in [-0.39, 0.29) is 17.9 Å². The average molecular weight is 367 g/mol. The van der Waals surface area contributed by atoms with E-state index < -0.39 is 0 Å². The van der Waals surface area contributed by atoms with Crippen LogP contribution in [0.4, 0.5) is 0 Å². The van der Waals surface area contributed by atoms with Gasteiger partial charge in [-0.05, 0) is 37.0 Å². The smallest absolute Gasteiger partial charge is 0.251 e. The lowest BCUT2D eigenvalue weighted by Crippen LogP contribution is -2.46. The van der Waals surface area contributed by atoms with Crippen molar-refractivity contribution in [2.24, 2.45) is 5.92 Å². The van der Waals surface area contributed by atoms with E-state index in [4.69, 9.17) is 0 Å². The molecule has 0 radical (unpaired) electrons. The van der Waals surface area contributed by atoms with Crippen molar-refractivity contribution >= 4 is 27.7 Å². The molecule has 1 N–H and O–H groups in total. The highest BCUT2D eigenvalue weighted by Gasteiger charge is 2.24. The molecule has 4 nitrogen and oxygen atoms in total. The number of amides is 2. The predicted molar refractivity (Wildman–Crippen MR) is 90.7 cm³/mol. The minimum Gasteiger partial charge on any atom is -0.349 e. The van der Waals surface area contributed by atoms with Crippen LogP contribution in [-0.2, 0) is 4.79 Å². The predicted octanol–water partition coefficient (Wildman–Crippen LogP) is 3.22. The van der Waals surface area contributed by atoms with E-state index in [1.807, 2.05) is 23.1 Å². The lowest BCUT2D eigenvalue weighted by molar-refractivity contribution is -0.133. The highest BCUT2D eigenvalue weighted by Crippen LogP contribution is 2.15. The first-order valence-corrected chi connectivity index (χ1v) is 8.59. The van der Waals surface area contributed by atoms with Crippen molar-refractivity contribution < 1.29 is 9.59 Å². The Morgan fingerprint density at radius 1 is 1.32 bits per heavy atom. The van der Waals surface area contributed by atoms with Gasteiger partial charge in [0.25, 0.3) is 5.91 Å². The molecule has 5 heteroatoms.